The van der Waals surface area contributed by atoms with E-state index in [4.69, 9.17) is 5.73 Å². The van der Waals surface area contributed by atoms with Crippen LogP contribution in [0.1, 0.15) is 47.6 Å². The molecule has 0 saturated heterocycles. The number of carbonyl (C=O) groups excluding carboxylic acids is 2. The highest BCUT2D eigenvalue weighted by Gasteiger charge is 2.14. The zero-order chi connectivity index (χ0) is 18.6. The molecule has 6 heteroatoms. The number of nitrogens with zero attached hydrogens (tertiary/aromatic N) is 2. The fourth-order valence-electron chi connectivity index (χ4n) is 2.80. The van der Waals surface area contributed by atoms with Gasteiger partial charge in [-0.1, -0.05) is 13.8 Å². The zero-order valence-electron chi connectivity index (χ0n) is 15.3. The molecule has 1 aromatic carbocycles. The lowest BCUT2D eigenvalue weighted by atomic mass is 10.1. The number of anilines is 1. The van der Waals surface area contributed by atoms with E-state index in [1.807, 2.05) is 11.6 Å². The summed E-state index contributed by atoms with van der Waals surface area (Å²) in [6.07, 6.45) is 1.04. The topological polar surface area (TPSA) is 90.0 Å². The van der Waals surface area contributed by atoms with Crippen molar-refractivity contribution < 1.29 is 9.59 Å². The summed E-state index contributed by atoms with van der Waals surface area (Å²) < 4.78 is 2.02. The number of nitrogens with two attached hydrogens (primary N) is 1. The lowest BCUT2D eigenvalue weighted by Gasteiger charge is -2.08. The summed E-state index contributed by atoms with van der Waals surface area (Å²) in [5, 5.41) is 7.42. The summed E-state index contributed by atoms with van der Waals surface area (Å²) in [5.74, 6) is -0.0259. The Morgan fingerprint density at radius 1 is 1.20 bits per heavy atom. The van der Waals surface area contributed by atoms with Crippen LogP contribution in [-0.2, 0) is 17.8 Å². The molecule has 2 rings (SSSR count). The average molecular weight is 342 g/mol. The summed E-state index contributed by atoms with van der Waals surface area (Å²) in [4.78, 5) is 23.2. The maximum Gasteiger partial charge on any atom is 0.248 e. The number of hydrogen-bond acceptors (Lipinski definition) is 3. The highest BCUT2D eigenvalue weighted by molar-refractivity contribution is 5.94. The van der Waals surface area contributed by atoms with Crippen molar-refractivity contribution in [2.24, 2.45) is 11.7 Å². The second-order valence-electron chi connectivity index (χ2n) is 6.72. The molecule has 134 valence electrons. The van der Waals surface area contributed by atoms with Crippen molar-refractivity contribution >= 4 is 17.5 Å². The molecule has 0 aliphatic heterocycles. The molecule has 6 nitrogen and oxygen atoms in total. The van der Waals surface area contributed by atoms with Crippen molar-refractivity contribution in [3.05, 3.63) is 46.8 Å². The Morgan fingerprint density at radius 3 is 2.40 bits per heavy atom. The lowest BCUT2D eigenvalue weighted by molar-refractivity contribution is -0.116. The highest BCUT2D eigenvalue weighted by atomic mass is 16.1. The van der Waals surface area contributed by atoms with Crippen LogP contribution in [-0.4, -0.2) is 21.6 Å². The molecule has 0 bridgehead atoms. The number of rotatable bonds is 7. The lowest BCUT2D eigenvalue weighted by Crippen LogP contribution is -2.14. The van der Waals surface area contributed by atoms with Gasteiger partial charge in [0.05, 0.1) is 5.69 Å². The fourth-order valence-corrected chi connectivity index (χ4v) is 2.80. The first-order valence-electron chi connectivity index (χ1n) is 8.50. The summed E-state index contributed by atoms with van der Waals surface area (Å²) in [6.45, 7) is 9.24. The van der Waals surface area contributed by atoms with E-state index in [0.29, 0.717) is 30.0 Å². The van der Waals surface area contributed by atoms with Gasteiger partial charge in [-0.05, 0) is 56.0 Å². The molecule has 0 saturated carbocycles. The minimum Gasteiger partial charge on any atom is -0.366 e. The van der Waals surface area contributed by atoms with Gasteiger partial charge in [-0.15, -0.1) is 0 Å². The predicted octanol–water partition coefficient (Wildman–Crippen LogP) is 2.83. The summed E-state index contributed by atoms with van der Waals surface area (Å²) in [6, 6.07) is 6.55. The Kier molecular flexibility index (Phi) is 5.96. The summed E-state index contributed by atoms with van der Waals surface area (Å²) >= 11 is 0. The Bertz CT molecular complexity index is 760. The van der Waals surface area contributed by atoms with Gasteiger partial charge in [-0.2, -0.15) is 5.10 Å². The Morgan fingerprint density at radius 2 is 1.84 bits per heavy atom. The first kappa shape index (κ1) is 18.7. The molecule has 0 aliphatic rings. The van der Waals surface area contributed by atoms with E-state index < -0.39 is 5.91 Å². The molecule has 3 N–H and O–H groups in total. The molecule has 0 atom stereocenters. The van der Waals surface area contributed by atoms with Crippen molar-refractivity contribution in [3.8, 4) is 0 Å². The number of hydrogen-bond donors (Lipinski definition) is 2. The van der Waals surface area contributed by atoms with Crippen LogP contribution in [0.3, 0.4) is 0 Å². The first-order valence-corrected chi connectivity index (χ1v) is 8.50. The van der Waals surface area contributed by atoms with Crippen LogP contribution in [0.2, 0.25) is 0 Å². The van der Waals surface area contributed by atoms with Gasteiger partial charge in [0.25, 0.3) is 0 Å². The van der Waals surface area contributed by atoms with Gasteiger partial charge in [0.2, 0.25) is 11.8 Å². The molecule has 2 amide bonds. The van der Waals surface area contributed by atoms with Crippen LogP contribution in [0, 0.1) is 19.8 Å². The number of carbonyl (C=O) groups is 2. The van der Waals surface area contributed by atoms with Gasteiger partial charge < -0.3 is 11.1 Å². The molecule has 0 aliphatic carbocycles. The van der Waals surface area contributed by atoms with Crippen LogP contribution in [0.4, 0.5) is 5.69 Å². The zero-order valence-corrected chi connectivity index (χ0v) is 15.3. The second-order valence-corrected chi connectivity index (χ2v) is 6.72. The number of amides is 2. The molecule has 0 fully saturated rings. The molecule has 25 heavy (non-hydrogen) atoms. The van der Waals surface area contributed by atoms with Crippen molar-refractivity contribution in [2.75, 3.05) is 5.32 Å². The third-order valence-corrected chi connectivity index (χ3v) is 4.12. The van der Waals surface area contributed by atoms with Crippen LogP contribution in [0.15, 0.2) is 24.3 Å². The molecular weight excluding hydrogens is 316 g/mol. The molecule has 2 aromatic rings. The van der Waals surface area contributed by atoms with Crippen molar-refractivity contribution in [3.63, 3.8) is 0 Å². The molecule has 0 spiro atoms. The minimum atomic E-state index is -0.484. The molecular formula is C19H26N4O2. The molecule has 1 heterocycles. The van der Waals surface area contributed by atoms with E-state index in [0.717, 1.165) is 23.5 Å². The number of nitrogens with one attached hydrogen (secondary N) is 1. The third kappa shape index (κ3) is 4.92. The van der Waals surface area contributed by atoms with E-state index in [-0.39, 0.29) is 5.91 Å². The number of aryl methyl sites for hydroxylation is 1. The molecule has 0 unspecified atom stereocenters. The standard InChI is InChI=1S/C19H26N4O2/c1-12(2)11-23-14(4)17(13(3)22-23)9-10-18(24)21-16-7-5-15(6-8-16)19(20)25/h5-8,12H,9-11H2,1-4H3,(H2,20,25)(H,21,24). The quantitative estimate of drug-likeness (QED) is 0.810. The van der Waals surface area contributed by atoms with Crippen LogP contribution < -0.4 is 11.1 Å². The Labute approximate surface area is 148 Å². The van der Waals surface area contributed by atoms with Gasteiger partial charge in [-0.25, -0.2) is 0 Å². The SMILES string of the molecule is Cc1nn(CC(C)C)c(C)c1CCC(=O)Nc1ccc(C(N)=O)cc1. The van der Waals surface area contributed by atoms with Crippen LogP contribution >= 0.6 is 0 Å². The summed E-state index contributed by atoms with van der Waals surface area (Å²) in [7, 11) is 0. The van der Waals surface area contributed by atoms with Gasteiger partial charge in [0, 0.05) is 29.9 Å². The minimum absolute atomic E-state index is 0.0674. The third-order valence-electron chi connectivity index (χ3n) is 4.12. The number of aromatic nitrogens is 2. The molecule has 0 radical (unpaired) electrons. The van der Waals surface area contributed by atoms with Crippen LogP contribution in [0.5, 0.6) is 0 Å². The van der Waals surface area contributed by atoms with Crippen molar-refractivity contribution in [1.29, 1.82) is 0 Å². The van der Waals surface area contributed by atoms with E-state index in [9.17, 15) is 9.59 Å². The smallest absolute Gasteiger partial charge is 0.248 e. The van der Waals surface area contributed by atoms with Gasteiger partial charge in [-0.3, -0.25) is 14.3 Å². The number of primary amides is 1. The molecule has 1 aromatic heterocycles. The van der Waals surface area contributed by atoms with Crippen molar-refractivity contribution in [2.45, 2.75) is 47.1 Å². The summed E-state index contributed by atoms with van der Waals surface area (Å²) in [5.41, 5.74) is 9.52. The monoisotopic (exact) mass is 342 g/mol. The number of benzene rings is 1. The maximum absolute atomic E-state index is 12.2. The largest absolute Gasteiger partial charge is 0.366 e. The van der Waals surface area contributed by atoms with Gasteiger partial charge in [0.1, 0.15) is 0 Å². The van der Waals surface area contributed by atoms with Gasteiger partial charge in [0.15, 0.2) is 0 Å². The fraction of sp³-hybridized carbons (Fsp3) is 0.421. The van der Waals surface area contributed by atoms with E-state index >= 15 is 0 Å². The van der Waals surface area contributed by atoms with E-state index in [2.05, 4.69) is 31.2 Å². The Balaban J connectivity index is 1.96. The van der Waals surface area contributed by atoms with Gasteiger partial charge >= 0.3 is 0 Å². The highest BCUT2D eigenvalue weighted by Crippen LogP contribution is 2.17. The van der Waals surface area contributed by atoms with E-state index in [1.165, 1.54) is 0 Å². The first-order chi connectivity index (χ1) is 11.8. The van der Waals surface area contributed by atoms with E-state index in [1.54, 1.807) is 24.3 Å². The average Bonchev–Trinajstić information content (AvgIpc) is 2.79. The van der Waals surface area contributed by atoms with Crippen LogP contribution in [0.25, 0.3) is 0 Å². The second kappa shape index (κ2) is 7.96. The predicted molar refractivity (Wildman–Crippen MR) is 98.4 cm³/mol. The normalized spacial score (nSPS) is 10.9. The Hall–Kier alpha value is -2.63. The van der Waals surface area contributed by atoms with Crippen molar-refractivity contribution in [1.82, 2.24) is 9.78 Å². The maximum atomic E-state index is 12.2.